The fourth-order valence-corrected chi connectivity index (χ4v) is 2.62. The number of H-pyrrole nitrogens is 1. The Bertz CT molecular complexity index is 840. The van der Waals surface area contributed by atoms with Gasteiger partial charge in [-0.05, 0) is 48.9 Å². The Hall–Kier alpha value is -2.02. The fourth-order valence-electron chi connectivity index (χ4n) is 2.14. The largest absolute Gasteiger partial charge is 0.416 e. The zero-order valence-corrected chi connectivity index (χ0v) is 13.0. The molecule has 2 aromatic carbocycles. The number of hydrogen-bond acceptors (Lipinski definition) is 2. The molecule has 0 saturated heterocycles. The van der Waals surface area contributed by atoms with E-state index in [9.17, 15) is 13.2 Å². The van der Waals surface area contributed by atoms with Crippen molar-refractivity contribution < 1.29 is 13.2 Å². The van der Waals surface area contributed by atoms with E-state index in [4.69, 9.17) is 0 Å². The SMILES string of the molecule is Cc1cc(Br)ccc1Nc1nc2ccc(C(F)(F)F)cc2[nH]1. The van der Waals surface area contributed by atoms with Gasteiger partial charge in [-0.1, -0.05) is 15.9 Å². The van der Waals surface area contributed by atoms with Crippen LogP contribution in [0.3, 0.4) is 0 Å². The molecule has 1 heterocycles. The minimum atomic E-state index is -4.37. The van der Waals surface area contributed by atoms with E-state index in [2.05, 4.69) is 31.2 Å². The first-order valence-electron chi connectivity index (χ1n) is 6.43. The lowest BCUT2D eigenvalue weighted by molar-refractivity contribution is -0.137. The van der Waals surface area contributed by atoms with Crippen LogP contribution in [0.2, 0.25) is 0 Å². The third-order valence-electron chi connectivity index (χ3n) is 3.25. The Morgan fingerprint density at radius 2 is 1.91 bits per heavy atom. The highest BCUT2D eigenvalue weighted by atomic mass is 79.9. The standard InChI is InChI=1S/C15H11BrF3N3/c1-8-6-10(16)3-5-11(8)20-14-21-12-4-2-9(15(17,18)19)7-13(12)22-14/h2-7H,1H3,(H2,20,21,22). The Morgan fingerprint density at radius 3 is 2.59 bits per heavy atom. The Kier molecular flexibility index (Phi) is 3.60. The zero-order chi connectivity index (χ0) is 15.9. The van der Waals surface area contributed by atoms with Crippen molar-refractivity contribution in [1.82, 2.24) is 9.97 Å². The van der Waals surface area contributed by atoms with E-state index >= 15 is 0 Å². The van der Waals surface area contributed by atoms with E-state index in [-0.39, 0.29) is 0 Å². The van der Waals surface area contributed by atoms with E-state index in [1.165, 1.54) is 6.07 Å². The van der Waals surface area contributed by atoms with Crippen molar-refractivity contribution >= 4 is 38.6 Å². The van der Waals surface area contributed by atoms with Crippen LogP contribution in [0.25, 0.3) is 11.0 Å². The number of nitrogens with one attached hydrogen (secondary N) is 2. The first-order chi connectivity index (χ1) is 10.3. The van der Waals surface area contributed by atoms with Crippen LogP contribution in [-0.4, -0.2) is 9.97 Å². The molecule has 0 bridgehead atoms. The lowest BCUT2D eigenvalue weighted by Crippen LogP contribution is -2.04. The Labute approximate surface area is 132 Å². The van der Waals surface area contributed by atoms with Gasteiger partial charge in [0, 0.05) is 10.2 Å². The summed E-state index contributed by atoms with van der Waals surface area (Å²) in [6, 6.07) is 9.12. The van der Waals surface area contributed by atoms with Crippen LogP contribution in [0.5, 0.6) is 0 Å². The molecule has 1 aromatic heterocycles. The molecule has 3 rings (SSSR count). The summed E-state index contributed by atoms with van der Waals surface area (Å²) in [4.78, 5) is 7.11. The number of anilines is 2. The molecule has 0 unspecified atom stereocenters. The molecule has 7 heteroatoms. The molecule has 0 amide bonds. The van der Waals surface area contributed by atoms with E-state index in [0.29, 0.717) is 17.0 Å². The predicted molar refractivity (Wildman–Crippen MR) is 83.3 cm³/mol. The van der Waals surface area contributed by atoms with E-state index in [1.807, 2.05) is 25.1 Å². The number of aromatic nitrogens is 2. The first kappa shape index (κ1) is 14.9. The first-order valence-corrected chi connectivity index (χ1v) is 7.22. The number of rotatable bonds is 2. The maximum absolute atomic E-state index is 12.7. The van der Waals surface area contributed by atoms with Gasteiger partial charge in [0.05, 0.1) is 16.6 Å². The number of fused-ring (bicyclic) bond motifs is 1. The van der Waals surface area contributed by atoms with Crippen molar-refractivity contribution in [3.63, 3.8) is 0 Å². The quantitative estimate of drug-likeness (QED) is 0.635. The molecule has 0 saturated carbocycles. The molecule has 2 N–H and O–H groups in total. The highest BCUT2D eigenvalue weighted by Crippen LogP contribution is 2.31. The van der Waals surface area contributed by atoms with Crippen molar-refractivity contribution in [2.45, 2.75) is 13.1 Å². The summed E-state index contributed by atoms with van der Waals surface area (Å²) in [7, 11) is 0. The lowest BCUT2D eigenvalue weighted by atomic mass is 10.2. The van der Waals surface area contributed by atoms with Crippen LogP contribution in [-0.2, 0) is 6.18 Å². The maximum atomic E-state index is 12.7. The molecule has 3 nitrogen and oxygen atoms in total. The van der Waals surface area contributed by atoms with Crippen molar-refractivity contribution in [2.75, 3.05) is 5.32 Å². The second kappa shape index (κ2) is 5.31. The Morgan fingerprint density at radius 1 is 1.14 bits per heavy atom. The fraction of sp³-hybridized carbons (Fsp3) is 0.133. The summed E-state index contributed by atoms with van der Waals surface area (Å²) in [6.45, 7) is 1.93. The number of hydrogen-bond donors (Lipinski definition) is 2. The number of imidazole rings is 1. The van der Waals surface area contributed by atoms with Crippen LogP contribution in [0.1, 0.15) is 11.1 Å². The molecular formula is C15H11BrF3N3. The van der Waals surface area contributed by atoms with Crippen LogP contribution in [0, 0.1) is 6.92 Å². The van der Waals surface area contributed by atoms with Crippen LogP contribution >= 0.6 is 15.9 Å². The van der Waals surface area contributed by atoms with Gasteiger partial charge in [-0.15, -0.1) is 0 Å². The third kappa shape index (κ3) is 2.94. The number of aryl methyl sites for hydroxylation is 1. The molecular weight excluding hydrogens is 359 g/mol. The van der Waals surface area contributed by atoms with Crippen molar-refractivity contribution in [1.29, 1.82) is 0 Å². The van der Waals surface area contributed by atoms with Gasteiger partial charge >= 0.3 is 6.18 Å². The summed E-state index contributed by atoms with van der Waals surface area (Å²) >= 11 is 3.38. The molecule has 22 heavy (non-hydrogen) atoms. The summed E-state index contributed by atoms with van der Waals surface area (Å²) < 4.78 is 39.1. The molecule has 0 spiro atoms. The van der Waals surface area contributed by atoms with Crippen LogP contribution < -0.4 is 5.32 Å². The third-order valence-corrected chi connectivity index (χ3v) is 3.74. The monoisotopic (exact) mass is 369 g/mol. The second-order valence-electron chi connectivity index (χ2n) is 4.90. The van der Waals surface area contributed by atoms with E-state index < -0.39 is 11.7 Å². The van der Waals surface area contributed by atoms with Gasteiger partial charge < -0.3 is 10.3 Å². The summed E-state index contributed by atoms with van der Waals surface area (Å²) in [5.41, 5.74) is 1.94. The zero-order valence-electron chi connectivity index (χ0n) is 11.4. The van der Waals surface area contributed by atoms with Gasteiger partial charge in [0.15, 0.2) is 0 Å². The van der Waals surface area contributed by atoms with Gasteiger partial charge in [0.1, 0.15) is 0 Å². The molecule has 0 aliphatic heterocycles. The molecule has 0 aliphatic carbocycles. The number of halogens is 4. The van der Waals surface area contributed by atoms with Crippen molar-refractivity contribution in [3.8, 4) is 0 Å². The number of aromatic amines is 1. The van der Waals surface area contributed by atoms with Gasteiger partial charge in [-0.3, -0.25) is 0 Å². The predicted octanol–water partition coefficient (Wildman–Crippen LogP) is 5.40. The van der Waals surface area contributed by atoms with Crippen LogP contribution in [0.15, 0.2) is 40.9 Å². The van der Waals surface area contributed by atoms with E-state index in [0.717, 1.165) is 27.9 Å². The highest BCUT2D eigenvalue weighted by molar-refractivity contribution is 9.10. The van der Waals surface area contributed by atoms with Gasteiger partial charge in [0.25, 0.3) is 0 Å². The van der Waals surface area contributed by atoms with Gasteiger partial charge in [0.2, 0.25) is 5.95 Å². The molecule has 114 valence electrons. The number of alkyl halides is 3. The molecule has 0 aliphatic rings. The topological polar surface area (TPSA) is 40.7 Å². The Balaban J connectivity index is 1.95. The van der Waals surface area contributed by atoms with Crippen LogP contribution in [0.4, 0.5) is 24.8 Å². The summed E-state index contributed by atoms with van der Waals surface area (Å²) in [5, 5.41) is 3.08. The number of benzene rings is 2. The minimum absolute atomic E-state index is 0.340. The van der Waals surface area contributed by atoms with Crippen molar-refractivity contribution in [2.24, 2.45) is 0 Å². The average molecular weight is 370 g/mol. The minimum Gasteiger partial charge on any atom is -0.326 e. The number of nitrogens with zero attached hydrogens (tertiary/aromatic N) is 1. The summed E-state index contributed by atoms with van der Waals surface area (Å²) in [6.07, 6.45) is -4.37. The van der Waals surface area contributed by atoms with Crippen molar-refractivity contribution in [3.05, 3.63) is 52.0 Å². The second-order valence-corrected chi connectivity index (χ2v) is 5.82. The molecule has 3 aromatic rings. The lowest BCUT2D eigenvalue weighted by Gasteiger charge is -2.06. The molecule has 0 fully saturated rings. The van der Waals surface area contributed by atoms with Gasteiger partial charge in [-0.2, -0.15) is 13.2 Å². The molecule has 0 atom stereocenters. The maximum Gasteiger partial charge on any atom is 0.416 e. The normalized spacial score (nSPS) is 11.9. The highest BCUT2D eigenvalue weighted by Gasteiger charge is 2.30. The smallest absolute Gasteiger partial charge is 0.326 e. The van der Waals surface area contributed by atoms with E-state index in [1.54, 1.807) is 0 Å². The molecule has 0 radical (unpaired) electrons. The summed E-state index contributed by atoms with van der Waals surface area (Å²) in [5.74, 6) is 0.403. The average Bonchev–Trinajstić information content (AvgIpc) is 2.82. The van der Waals surface area contributed by atoms with Gasteiger partial charge in [-0.25, -0.2) is 4.98 Å².